The van der Waals surface area contributed by atoms with Crippen molar-refractivity contribution in [1.29, 1.82) is 0 Å². The van der Waals surface area contributed by atoms with Crippen LogP contribution in [0, 0.1) is 17.8 Å². The van der Waals surface area contributed by atoms with Gasteiger partial charge in [0, 0.05) is 23.1 Å². The van der Waals surface area contributed by atoms with Gasteiger partial charge in [-0.2, -0.15) is 0 Å². The van der Waals surface area contributed by atoms with Crippen LogP contribution in [0.25, 0.3) is 0 Å². The van der Waals surface area contributed by atoms with Crippen LogP contribution in [0.15, 0.2) is 64.7 Å². The van der Waals surface area contributed by atoms with E-state index in [1.165, 1.54) is 4.90 Å². The fraction of sp³-hybridized carbons (Fsp3) is 0.308. The topological polar surface area (TPSA) is 84.0 Å². The first-order valence-corrected chi connectivity index (χ1v) is 12.0. The molecule has 2 aliphatic heterocycles. The molecule has 174 valence electrons. The summed E-state index contributed by atoms with van der Waals surface area (Å²) < 4.78 is 6.42. The lowest BCUT2D eigenvalue weighted by Crippen LogP contribution is -2.30. The molecule has 0 saturated carbocycles. The molecule has 3 aliphatic rings. The molecule has 3 atom stereocenters. The standard InChI is InChI=1S/C26H23BrN2O5/c1-15-2-11-21-22(12-15)25(32)29(24(21)31)19-7-9-20(10-8-19)34-26(33)16-13-23(30)28(14-16)18-5-3-17(27)4-6-18/h2-10,16,21-22H,11-14H2,1H3/t16-,21-,22+/m0/s1. The number of esters is 1. The number of fused-ring (bicyclic) bond motifs is 1. The summed E-state index contributed by atoms with van der Waals surface area (Å²) in [6, 6.07) is 13.7. The fourth-order valence-electron chi connectivity index (χ4n) is 4.89. The van der Waals surface area contributed by atoms with Crippen molar-refractivity contribution in [1.82, 2.24) is 0 Å². The van der Waals surface area contributed by atoms with Gasteiger partial charge in [0.15, 0.2) is 0 Å². The molecule has 2 fully saturated rings. The predicted octanol–water partition coefficient (Wildman–Crippen LogP) is 4.25. The van der Waals surface area contributed by atoms with Crippen LogP contribution in [0.3, 0.4) is 0 Å². The number of nitrogens with zero attached hydrogens (tertiary/aromatic N) is 2. The van der Waals surface area contributed by atoms with Crippen LogP contribution in [0.1, 0.15) is 26.2 Å². The monoisotopic (exact) mass is 522 g/mol. The van der Waals surface area contributed by atoms with E-state index >= 15 is 0 Å². The average Bonchev–Trinajstić information content (AvgIpc) is 3.32. The van der Waals surface area contributed by atoms with E-state index in [2.05, 4.69) is 15.9 Å². The molecule has 8 heteroatoms. The lowest BCUT2D eigenvalue weighted by atomic mass is 9.82. The average molecular weight is 523 g/mol. The Morgan fingerprint density at radius 2 is 1.56 bits per heavy atom. The number of hydrogen-bond acceptors (Lipinski definition) is 5. The second kappa shape index (κ2) is 8.83. The highest BCUT2D eigenvalue weighted by molar-refractivity contribution is 9.10. The van der Waals surface area contributed by atoms with Crippen LogP contribution in [-0.2, 0) is 19.2 Å². The predicted molar refractivity (Wildman–Crippen MR) is 129 cm³/mol. The first kappa shape index (κ1) is 22.5. The lowest BCUT2D eigenvalue weighted by molar-refractivity contribution is -0.139. The second-order valence-corrected chi connectivity index (χ2v) is 9.93. The molecule has 7 nitrogen and oxygen atoms in total. The Kier molecular flexibility index (Phi) is 5.85. The van der Waals surface area contributed by atoms with Gasteiger partial charge in [0.05, 0.1) is 23.4 Å². The highest BCUT2D eigenvalue weighted by Gasteiger charge is 2.48. The van der Waals surface area contributed by atoms with Crippen LogP contribution in [0.2, 0.25) is 0 Å². The molecule has 3 amide bonds. The second-order valence-electron chi connectivity index (χ2n) is 9.01. The van der Waals surface area contributed by atoms with Crippen LogP contribution in [-0.4, -0.2) is 30.2 Å². The van der Waals surface area contributed by atoms with Crippen LogP contribution in [0.4, 0.5) is 11.4 Å². The van der Waals surface area contributed by atoms with Gasteiger partial charge in [-0.25, -0.2) is 0 Å². The number of halogens is 1. The summed E-state index contributed by atoms with van der Waals surface area (Å²) in [4.78, 5) is 53.7. The molecule has 0 aromatic heterocycles. The number of ether oxygens (including phenoxy) is 1. The third kappa shape index (κ3) is 4.07. The van der Waals surface area contributed by atoms with E-state index < -0.39 is 11.9 Å². The van der Waals surface area contributed by atoms with Gasteiger partial charge in [-0.15, -0.1) is 0 Å². The van der Waals surface area contributed by atoms with Gasteiger partial charge in [0.25, 0.3) is 0 Å². The summed E-state index contributed by atoms with van der Waals surface area (Å²) in [5.74, 6) is -1.84. The SMILES string of the molecule is CC1=CC[C@@H]2C(=O)N(c3ccc(OC(=O)[C@H]4CC(=O)N(c5ccc(Br)cc5)C4)cc3)C(=O)[C@@H]2C1. The number of rotatable bonds is 4. The van der Waals surface area contributed by atoms with E-state index in [9.17, 15) is 19.2 Å². The first-order chi connectivity index (χ1) is 16.3. The van der Waals surface area contributed by atoms with Gasteiger partial charge in [-0.1, -0.05) is 27.6 Å². The quantitative estimate of drug-likeness (QED) is 0.259. The number of carbonyl (C=O) groups excluding carboxylic acids is 4. The van der Waals surface area contributed by atoms with Crippen molar-refractivity contribution in [3.8, 4) is 5.75 Å². The molecule has 0 unspecified atom stereocenters. The molecule has 0 spiro atoms. The zero-order valence-corrected chi connectivity index (χ0v) is 20.2. The third-order valence-electron chi connectivity index (χ3n) is 6.73. The molecule has 0 bridgehead atoms. The Morgan fingerprint density at radius 3 is 2.26 bits per heavy atom. The normalized spacial score (nSPS) is 24.4. The minimum absolute atomic E-state index is 0.0833. The number of carbonyl (C=O) groups is 4. The molecule has 1 aliphatic carbocycles. The molecule has 2 heterocycles. The van der Waals surface area contributed by atoms with E-state index in [1.807, 2.05) is 37.3 Å². The molecule has 34 heavy (non-hydrogen) atoms. The van der Waals surface area contributed by atoms with Crippen molar-refractivity contribution in [3.63, 3.8) is 0 Å². The Balaban J connectivity index is 1.24. The van der Waals surface area contributed by atoms with Gasteiger partial charge in [-0.3, -0.25) is 24.1 Å². The molecule has 0 radical (unpaired) electrons. The van der Waals surface area contributed by atoms with E-state index in [0.717, 1.165) is 15.7 Å². The molecule has 0 N–H and O–H groups in total. The maximum absolute atomic E-state index is 12.9. The Hall–Kier alpha value is -3.26. The van der Waals surface area contributed by atoms with Gasteiger partial charge in [0.1, 0.15) is 5.75 Å². The summed E-state index contributed by atoms with van der Waals surface area (Å²) in [7, 11) is 0. The van der Waals surface area contributed by atoms with Crippen molar-refractivity contribution in [2.45, 2.75) is 26.2 Å². The maximum atomic E-state index is 12.9. The van der Waals surface area contributed by atoms with Crippen molar-refractivity contribution in [2.75, 3.05) is 16.3 Å². The maximum Gasteiger partial charge on any atom is 0.316 e. The summed E-state index contributed by atoms with van der Waals surface area (Å²) in [6.07, 6.45) is 3.31. The third-order valence-corrected chi connectivity index (χ3v) is 7.26. The van der Waals surface area contributed by atoms with Crippen LogP contribution >= 0.6 is 15.9 Å². The first-order valence-electron chi connectivity index (χ1n) is 11.2. The Bertz CT molecular complexity index is 1200. The zero-order valence-electron chi connectivity index (χ0n) is 18.6. The fourth-order valence-corrected chi connectivity index (χ4v) is 5.16. The molecular weight excluding hydrogens is 500 g/mol. The van der Waals surface area contributed by atoms with Gasteiger partial charge in [-0.05, 0) is 68.3 Å². The molecule has 2 aromatic carbocycles. The van der Waals surface area contributed by atoms with Gasteiger partial charge < -0.3 is 9.64 Å². The highest BCUT2D eigenvalue weighted by Crippen LogP contribution is 2.40. The smallest absolute Gasteiger partial charge is 0.316 e. The summed E-state index contributed by atoms with van der Waals surface area (Å²) in [5, 5.41) is 0. The van der Waals surface area contributed by atoms with E-state index in [1.54, 1.807) is 29.2 Å². The van der Waals surface area contributed by atoms with Crippen LogP contribution < -0.4 is 14.5 Å². The summed E-state index contributed by atoms with van der Waals surface area (Å²) in [5.41, 5.74) is 2.34. The summed E-state index contributed by atoms with van der Waals surface area (Å²) >= 11 is 3.37. The zero-order chi connectivity index (χ0) is 24.0. The number of hydrogen-bond donors (Lipinski definition) is 0. The number of amides is 3. The Labute approximate surface area is 205 Å². The minimum Gasteiger partial charge on any atom is -0.426 e. The molecule has 5 rings (SSSR count). The molecule has 2 saturated heterocycles. The van der Waals surface area contributed by atoms with Gasteiger partial charge in [0.2, 0.25) is 17.7 Å². The van der Waals surface area contributed by atoms with E-state index in [4.69, 9.17) is 4.74 Å². The van der Waals surface area contributed by atoms with Crippen molar-refractivity contribution in [2.24, 2.45) is 17.8 Å². The minimum atomic E-state index is -0.573. The number of anilines is 2. The summed E-state index contributed by atoms with van der Waals surface area (Å²) in [6.45, 7) is 2.24. The Morgan fingerprint density at radius 1 is 0.912 bits per heavy atom. The van der Waals surface area contributed by atoms with Crippen molar-refractivity contribution < 1.29 is 23.9 Å². The van der Waals surface area contributed by atoms with Crippen LogP contribution in [0.5, 0.6) is 5.75 Å². The number of imide groups is 1. The highest BCUT2D eigenvalue weighted by atomic mass is 79.9. The molecular formula is C26H23BrN2O5. The largest absolute Gasteiger partial charge is 0.426 e. The molecule has 2 aromatic rings. The van der Waals surface area contributed by atoms with Crippen molar-refractivity contribution >= 4 is 51.0 Å². The van der Waals surface area contributed by atoms with E-state index in [-0.39, 0.29) is 42.5 Å². The number of benzene rings is 2. The van der Waals surface area contributed by atoms with E-state index in [0.29, 0.717) is 24.3 Å². The number of allylic oxidation sites excluding steroid dienone is 2. The van der Waals surface area contributed by atoms with Crippen molar-refractivity contribution in [3.05, 3.63) is 64.7 Å². The van der Waals surface area contributed by atoms with Gasteiger partial charge >= 0.3 is 5.97 Å². The lowest BCUT2D eigenvalue weighted by Gasteiger charge is -2.18.